The number of anilines is 1. The monoisotopic (exact) mass is 491 g/mol. The molecule has 34 heavy (non-hydrogen) atoms. The number of nitrogens with zero attached hydrogens (tertiary/aromatic N) is 2. The fourth-order valence-electron chi connectivity index (χ4n) is 4.46. The fourth-order valence-corrected chi connectivity index (χ4v) is 5.01. The summed E-state index contributed by atoms with van der Waals surface area (Å²) in [5.74, 6) is -0.492. The Hall–Kier alpha value is -2.60. The number of methoxy groups -OCH3 is 1. The second-order valence-corrected chi connectivity index (χ2v) is 9.44. The van der Waals surface area contributed by atoms with Crippen LogP contribution in [0, 0.1) is 0 Å². The van der Waals surface area contributed by atoms with E-state index in [1.807, 2.05) is 0 Å². The number of carbonyl (C=O) groups excluding carboxylic acids is 2. The molecule has 1 aromatic rings. The van der Waals surface area contributed by atoms with Crippen molar-refractivity contribution in [2.45, 2.75) is 38.5 Å². The van der Waals surface area contributed by atoms with Crippen molar-refractivity contribution in [1.29, 1.82) is 0 Å². The Kier molecular flexibility index (Phi) is 9.34. The van der Waals surface area contributed by atoms with Gasteiger partial charge in [-0.15, -0.1) is 4.72 Å². The summed E-state index contributed by atoms with van der Waals surface area (Å²) < 4.78 is 20.0. The summed E-state index contributed by atoms with van der Waals surface area (Å²) in [6.45, 7) is 0.386. The third-order valence-electron chi connectivity index (χ3n) is 6.07. The van der Waals surface area contributed by atoms with E-state index in [2.05, 4.69) is 21.1 Å². The number of aliphatic imine (C=N–C) groups is 1. The van der Waals surface area contributed by atoms with Crippen LogP contribution in [0.5, 0.6) is 0 Å². The number of aliphatic hydroxyl groups excluding tert-OH is 1. The molecule has 2 aliphatic rings. The molecular weight excluding hydrogens is 458 g/mol. The molecule has 0 bridgehead atoms. The summed E-state index contributed by atoms with van der Waals surface area (Å²) in [6.07, 6.45) is 7.12. The Morgan fingerprint density at radius 2 is 1.88 bits per heavy atom. The third kappa shape index (κ3) is 6.09. The van der Waals surface area contributed by atoms with Gasteiger partial charge in [0.2, 0.25) is 5.03 Å². The summed E-state index contributed by atoms with van der Waals surface area (Å²) in [4.78, 5) is 30.7. The predicted octanol–water partition coefficient (Wildman–Crippen LogP) is 0.787. The van der Waals surface area contributed by atoms with E-state index in [0.717, 1.165) is 55.3 Å². The minimum Gasteiger partial charge on any atom is -0.587 e. The molecule has 2 aliphatic carbocycles. The Bertz CT molecular complexity index is 949. The van der Waals surface area contributed by atoms with Gasteiger partial charge in [0.25, 0.3) is 5.91 Å². The van der Waals surface area contributed by atoms with Gasteiger partial charge in [-0.05, 0) is 60.8 Å². The largest absolute Gasteiger partial charge is 0.587 e. The van der Waals surface area contributed by atoms with Crippen LogP contribution in [-0.4, -0.2) is 72.7 Å². The number of nitrogens with one attached hydrogen (secondary N) is 2. The van der Waals surface area contributed by atoms with Crippen molar-refractivity contribution in [3.05, 3.63) is 39.4 Å². The van der Waals surface area contributed by atoms with Crippen LogP contribution < -0.4 is 15.8 Å². The maximum Gasteiger partial charge on any atom is 0.361 e. The average Bonchev–Trinajstić information content (AvgIpc) is 3.48. The Labute approximate surface area is 202 Å². The smallest absolute Gasteiger partial charge is 0.361 e. The summed E-state index contributed by atoms with van der Waals surface area (Å²) >= 11 is -2.07. The zero-order chi connectivity index (χ0) is 24.7. The van der Waals surface area contributed by atoms with Crippen molar-refractivity contribution in [2.24, 2.45) is 10.7 Å². The van der Waals surface area contributed by atoms with Crippen LogP contribution in [0.15, 0.2) is 22.2 Å². The van der Waals surface area contributed by atoms with Crippen LogP contribution in [0.1, 0.15) is 35.1 Å². The van der Waals surface area contributed by atoms with E-state index in [4.69, 9.17) is 10.5 Å². The van der Waals surface area contributed by atoms with Gasteiger partial charge in [-0.2, -0.15) is 0 Å². The number of amides is 3. The highest BCUT2D eigenvalue weighted by molar-refractivity contribution is 7.93. The molecule has 3 rings (SSSR count). The first kappa shape index (κ1) is 26.0. The highest BCUT2D eigenvalue weighted by atomic mass is 32.2. The maximum absolute atomic E-state index is 12.7. The Balaban J connectivity index is 1.67. The van der Waals surface area contributed by atoms with Crippen LogP contribution in [0.25, 0.3) is 0 Å². The van der Waals surface area contributed by atoms with Crippen molar-refractivity contribution < 1.29 is 24.0 Å². The number of ether oxygens (including phenoxy) is 1. The lowest BCUT2D eigenvalue weighted by molar-refractivity contribution is -0.125. The lowest BCUT2D eigenvalue weighted by atomic mass is 9.99. The zero-order valence-electron chi connectivity index (χ0n) is 19.7. The van der Waals surface area contributed by atoms with Gasteiger partial charge in [0.05, 0.1) is 13.2 Å². The molecule has 1 unspecified atom stereocenters. The lowest BCUT2D eigenvalue weighted by Gasteiger charge is -2.21. The van der Waals surface area contributed by atoms with Crippen molar-refractivity contribution in [1.82, 2.24) is 9.62 Å². The number of rotatable bonds is 10. The van der Waals surface area contributed by atoms with E-state index < -0.39 is 23.3 Å². The molecule has 186 valence electrons. The molecule has 10 nitrogen and oxygen atoms in total. The van der Waals surface area contributed by atoms with E-state index in [-0.39, 0.29) is 37.0 Å². The Morgan fingerprint density at radius 1 is 1.24 bits per heavy atom. The zero-order valence-corrected chi connectivity index (χ0v) is 20.5. The molecule has 0 radical (unpaired) electrons. The van der Waals surface area contributed by atoms with Gasteiger partial charge in [-0.1, -0.05) is 6.07 Å². The number of hydrogen-bond donors (Lipinski definition) is 4. The first-order valence-electron chi connectivity index (χ1n) is 11.4. The number of aliphatic hydroxyl groups is 1. The standard InChI is InChI=1S/C23H33N5O5S/c1-25-19(22(30)28(9-11-29)10-12-33-2)14-20(24)34(32)27-23(31)26-21-17-7-3-5-15(17)13-16-6-4-8-18(16)21/h13-14,29H,3-12,24H2,1-2H3,(H2,26,27,31). The number of hydrogen-bond acceptors (Lipinski definition) is 7. The third-order valence-corrected chi connectivity index (χ3v) is 6.99. The van der Waals surface area contributed by atoms with Crippen LogP contribution in [0.3, 0.4) is 0 Å². The molecule has 3 amide bonds. The number of aryl methyl sites for hydroxylation is 2. The molecule has 11 heteroatoms. The molecule has 0 heterocycles. The molecule has 1 atom stereocenters. The number of carbonyl (C=O) groups is 2. The van der Waals surface area contributed by atoms with Crippen LogP contribution in [0.2, 0.25) is 0 Å². The molecule has 1 aromatic carbocycles. The number of fused-ring (bicyclic) bond motifs is 2. The van der Waals surface area contributed by atoms with Gasteiger partial charge in [0.1, 0.15) is 17.1 Å². The molecule has 0 aliphatic heterocycles. The van der Waals surface area contributed by atoms with Crippen LogP contribution in [0.4, 0.5) is 10.5 Å². The van der Waals surface area contributed by atoms with Crippen LogP contribution in [-0.2, 0) is 46.6 Å². The highest BCUT2D eigenvalue weighted by Crippen LogP contribution is 2.38. The van der Waals surface area contributed by atoms with Gasteiger partial charge in [0.15, 0.2) is 0 Å². The molecule has 0 aromatic heterocycles. The van der Waals surface area contributed by atoms with Crippen molar-refractivity contribution >= 4 is 34.7 Å². The number of benzene rings is 1. The first-order valence-corrected chi connectivity index (χ1v) is 12.5. The van der Waals surface area contributed by atoms with Crippen molar-refractivity contribution in [3.63, 3.8) is 0 Å². The van der Waals surface area contributed by atoms with Gasteiger partial charge in [-0.25, -0.2) is 4.79 Å². The van der Waals surface area contributed by atoms with Crippen LogP contribution >= 0.6 is 0 Å². The molecule has 0 spiro atoms. The maximum atomic E-state index is 12.7. The summed E-state index contributed by atoms with van der Waals surface area (Å²) in [5.41, 5.74) is 11.6. The SMILES string of the molecule is CN=C(C=C(N)[S+]([O-])NC(=O)Nc1c2c(cc3c1CCC3)CCC2)C(=O)N(CCO)CCOC. The molecule has 5 N–H and O–H groups in total. The first-order chi connectivity index (χ1) is 16.4. The fraction of sp³-hybridized carbons (Fsp3) is 0.522. The van der Waals surface area contributed by atoms with E-state index in [1.165, 1.54) is 36.3 Å². The molecule has 0 saturated heterocycles. The minimum atomic E-state index is -2.07. The van der Waals surface area contributed by atoms with E-state index in [0.29, 0.717) is 0 Å². The molecule has 0 saturated carbocycles. The summed E-state index contributed by atoms with van der Waals surface area (Å²) in [5, 5.41) is 11.9. The molecular formula is C23H33N5O5S. The van der Waals surface area contributed by atoms with E-state index >= 15 is 0 Å². The van der Waals surface area contributed by atoms with Gasteiger partial charge in [0, 0.05) is 39.0 Å². The highest BCUT2D eigenvalue weighted by Gasteiger charge is 2.27. The summed E-state index contributed by atoms with van der Waals surface area (Å²) in [7, 11) is 2.91. The normalized spacial score (nSPS) is 16.1. The quantitative estimate of drug-likeness (QED) is 0.280. The summed E-state index contributed by atoms with van der Waals surface area (Å²) in [6, 6.07) is 1.65. The van der Waals surface area contributed by atoms with E-state index in [9.17, 15) is 19.2 Å². The van der Waals surface area contributed by atoms with Gasteiger partial charge < -0.3 is 30.3 Å². The van der Waals surface area contributed by atoms with Gasteiger partial charge >= 0.3 is 6.03 Å². The van der Waals surface area contributed by atoms with E-state index in [1.54, 1.807) is 0 Å². The van der Waals surface area contributed by atoms with Gasteiger partial charge in [-0.3, -0.25) is 9.79 Å². The second kappa shape index (κ2) is 12.2. The Morgan fingerprint density at radius 3 is 2.44 bits per heavy atom. The minimum absolute atomic E-state index is 0.0451. The second-order valence-electron chi connectivity index (χ2n) is 8.22. The lowest BCUT2D eigenvalue weighted by Crippen LogP contribution is -2.41. The number of urea groups is 1. The van der Waals surface area contributed by atoms with Crippen molar-refractivity contribution in [2.75, 3.05) is 45.8 Å². The topological polar surface area (TPSA) is 152 Å². The number of nitrogens with two attached hydrogens (primary N) is 1. The predicted molar refractivity (Wildman–Crippen MR) is 132 cm³/mol. The molecule has 0 fully saturated rings. The average molecular weight is 492 g/mol. The van der Waals surface area contributed by atoms with Crippen molar-refractivity contribution in [3.8, 4) is 0 Å².